The van der Waals surface area contributed by atoms with Gasteiger partial charge >= 0.3 is 11.9 Å². The Balaban J connectivity index is 2.68. The maximum atomic E-state index is 12.7. The Bertz CT molecular complexity index is 426. The lowest BCUT2D eigenvalue weighted by Gasteiger charge is -2.32. The van der Waals surface area contributed by atoms with E-state index in [9.17, 15) is 9.59 Å². The number of ether oxygens (including phenoxy) is 2. The predicted octanol–water partition coefficient (Wildman–Crippen LogP) is 5.53. The number of rotatable bonds is 6. The Morgan fingerprint density at radius 3 is 1.35 bits per heavy atom. The van der Waals surface area contributed by atoms with Gasteiger partial charge in [-0.2, -0.15) is 0 Å². The topological polar surface area (TPSA) is 52.6 Å². The minimum atomic E-state index is -0.361. The molecule has 0 heterocycles. The second-order valence-electron chi connectivity index (χ2n) is 10.5. The standard InChI is InChI=1S/C22H40O4/c1-15(13-21(3,4)5)25-19(23)17-11-9-10-12-18(17)20(24)26-16(2)14-22(6,7)8/h15-18H,9-14H2,1-8H3. The summed E-state index contributed by atoms with van der Waals surface area (Å²) in [4.78, 5) is 25.4. The predicted molar refractivity (Wildman–Crippen MR) is 105 cm³/mol. The summed E-state index contributed by atoms with van der Waals surface area (Å²) in [5.41, 5.74) is 0.208. The van der Waals surface area contributed by atoms with E-state index in [-0.39, 0.29) is 46.8 Å². The number of carbonyl (C=O) groups excluding carboxylic acids is 2. The highest BCUT2D eigenvalue weighted by Gasteiger charge is 2.39. The summed E-state index contributed by atoms with van der Waals surface area (Å²) in [6.45, 7) is 16.7. The molecule has 1 aliphatic carbocycles. The fourth-order valence-corrected chi connectivity index (χ4v) is 4.07. The van der Waals surface area contributed by atoms with Crippen molar-refractivity contribution >= 4 is 11.9 Å². The van der Waals surface area contributed by atoms with Crippen molar-refractivity contribution in [3.05, 3.63) is 0 Å². The van der Waals surface area contributed by atoms with Crippen LogP contribution in [0.2, 0.25) is 0 Å². The largest absolute Gasteiger partial charge is 0.462 e. The molecule has 152 valence electrons. The van der Waals surface area contributed by atoms with Crippen molar-refractivity contribution in [2.24, 2.45) is 22.7 Å². The zero-order valence-corrected chi connectivity index (χ0v) is 18.2. The van der Waals surface area contributed by atoms with Gasteiger partial charge in [-0.15, -0.1) is 0 Å². The van der Waals surface area contributed by atoms with Gasteiger partial charge in [0.2, 0.25) is 0 Å². The van der Waals surface area contributed by atoms with Gasteiger partial charge in [-0.1, -0.05) is 54.4 Å². The van der Waals surface area contributed by atoms with Gasteiger partial charge < -0.3 is 9.47 Å². The number of hydrogen-bond acceptors (Lipinski definition) is 4. The molecule has 0 N–H and O–H groups in total. The third-order valence-corrected chi connectivity index (χ3v) is 4.81. The minimum Gasteiger partial charge on any atom is -0.462 e. The van der Waals surface area contributed by atoms with Crippen LogP contribution in [0.4, 0.5) is 0 Å². The minimum absolute atomic E-state index is 0.104. The highest BCUT2D eigenvalue weighted by atomic mass is 16.6. The molecule has 26 heavy (non-hydrogen) atoms. The Kier molecular flexibility index (Phi) is 8.16. The van der Waals surface area contributed by atoms with Crippen LogP contribution >= 0.6 is 0 Å². The third kappa shape index (κ3) is 8.55. The first-order valence-electron chi connectivity index (χ1n) is 10.2. The second-order valence-corrected chi connectivity index (χ2v) is 10.5. The lowest BCUT2D eigenvalue weighted by molar-refractivity contribution is -0.169. The fraction of sp³-hybridized carbons (Fsp3) is 0.909. The van der Waals surface area contributed by atoms with Crippen LogP contribution in [0.1, 0.15) is 93.9 Å². The van der Waals surface area contributed by atoms with Gasteiger partial charge in [0, 0.05) is 0 Å². The summed E-state index contributed by atoms with van der Waals surface area (Å²) in [5.74, 6) is -1.18. The van der Waals surface area contributed by atoms with Crippen molar-refractivity contribution in [2.45, 2.75) is 106 Å². The molecule has 1 aliphatic rings. The SMILES string of the molecule is CC(CC(C)(C)C)OC(=O)C1CCCCC1C(=O)OC(C)CC(C)(C)C. The Hall–Kier alpha value is -1.06. The monoisotopic (exact) mass is 368 g/mol. The van der Waals surface area contributed by atoms with Crippen LogP contribution in [-0.4, -0.2) is 24.1 Å². The quantitative estimate of drug-likeness (QED) is 0.579. The molecule has 0 radical (unpaired) electrons. The van der Waals surface area contributed by atoms with Gasteiger partial charge in [0.25, 0.3) is 0 Å². The van der Waals surface area contributed by atoms with Crippen molar-refractivity contribution in [3.63, 3.8) is 0 Å². The van der Waals surface area contributed by atoms with E-state index in [0.717, 1.165) is 25.7 Å². The molecule has 4 heteroatoms. The van der Waals surface area contributed by atoms with E-state index in [0.29, 0.717) is 12.8 Å². The normalized spacial score (nSPS) is 23.8. The van der Waals surface area contributed by atoms with E-state index in [4.69, 9.17) is 9.47 Å². The van der Waals surface area contributed by atoms with E-state index in [2.05, 4.69) is 41.5 Å². The van der Waals surface area contributed by atoms with E-state index in [1.807, 2.05) is 13.8 Å². The van der Waals surface area contributed by atoms with Crippen molar-refractivity contribution in [1.82, 2.24) is 0 Å². The van der Waals surface area contributed by atoms with Crippen LogP contribution < -0.4 is 0 Å². The first kappa shape index (κ1) is 23.0. The molecule has 0 bridgehead atoms. The van der Waals surface area contributed by atoms with Crippen molar-refractivity contribution in [2.75, 3.05) is 0 Å². The second kappa shape index (κ2) is 9.23. The molecule has 0 aromatic rings. The highest BCUT2D eigenvalue weighted by Crippen LogP contribution is 2.34. The lowest BCUT2D eigenvalue weighted by atomic mass is 9.79. The number of carbonyl (C=O) groups is 2. The molecular weight excluding hydrogens is 328 g/mol. The summed E-state index contributed by atoms with van der Waals surface area (Å²) in [7, 11) is 0. The maximum Gasteiger partial charge on any atom is 0.310 e. The van der Waals surface area contributed by atoms with Crippen LogP contribution in [0.15, 0.2) is 0 Å². The smallest absolute Gasteiger partial charge is 0.310 e. The maximum absolute atomic E-state index is 12.7. The average Bonchev–Trinajstić information content (AvgIpc) is 2.42. The Morgan fingerprint density at radius 2 is 1.08 bits per heavy atom. The number of esters is 2. The van der Waals surface area contributed by atoms with E-state index in [1.54, 1.807) is 0 Å². The van der Waals surface area contributed by atoms with Crippen LogP contribution in [0.3, 0.4) is 0 Å². The molecule has 0 aromatic carbocycles. The van der Waals surface area contributed by atoms with E-state index >= 15 is 0 Å². The summed E-state index contributed by atoms with van der Waals surface area (Å²) in [6.07, 6.45) is 4.71. The van der Waals surface area contributed by atoms with Gasteiger partial charge in [-0.25, -0.2) is 0 Å². The van der Waals surface area contributed by atoms with E-state index in [1.165, 1.54) is 0 Å². The van der Waals surface area contributed by atoms with Gasteiger partial charge in [0.05, 0.1) is 24.0 Å². The summed E-state index contributed by atoms with van der Waals surface area (Å²) in [6, 6.07) is 0. The van der Waals surface area contributed by atoms with Gasteiger partial charge in [0.1, 0.15) is 0 Å². The Labute approximate surface area is 160 Å². The van der Waals surface area contributed by atoms with Crippen molar-refractivity contribution in [1.29, 1.82) is 0 Å². The fourth-order valence-electron chi connectivity index (χ4n) is 4.07. The molecule has 1 fully saturated rings. The molecule has 4 nitrogen and oxygen atoms in total. The summed E-state index contributed by atoms with van der Waals surface area (Å²) < 4.78 is 11.4. The molecule has 0 spiro atoms. The molecule has 0 amide bonds. The molecule has 1 rings (SSSR count). The molecule has 0 saturated heterocycles. The number of hydrogen-bond donors (Lipinski definition) is 0. The summed E-state index contributed by atoms with van der Waals surface area (Å²) in [5, 5.41) is 0. The lowest BCUT2D eigenvalue weighted by Crippen LogP contribution is -2.38. The van der Waals surface area contributed by atoms with Gasteiger partial charge in [-0.05, 0) is 50.4 Å². The zero-order valence-electron chi connectivity index (χ0n) is 18.2. The molecule has 4 unspecified atom stereocenters. The molecule has 0 aliphatic heterocycles. The zero-order chi connectivity index (χ0) is 20.1. The van der Waals surface area contributed by atoms with Crippen LogP contribution in [0, 0.1) is 22.7 Å². The van der Waals surface area contributed by atoms with Crippen LogP contribution in [0.25, 0.3) is 0 Å². The van der Waals surface area contributed by atoms with Crippen molar-refractivity contribution in [3.8, 4) is 0 Å². The van der Waals surface area contributed by atoms with E-state index < -0.39 is 0 Å². The van der Waals surface area contributed by atoms with Gasteiger partial charge in [0.15, 0.2) is 0 Å². The van der Waals surface area contributed by atoms with Crippen LogP contribution in [-0.2, 0) is 19.1 Å². The van der Waals surface area contributed by atoms with Crippen molar-refractivity contribution < 1.29 is 19.1 Å². The first-order chi connectivity index (χ1) is 11.8. The first-order valence-corrected chi connectivity index (χ1v) is 10.2. The Morgan fingerprint density at radius 1 is 0.769 bits per heavy atom. The van der Waals surface area contributed by atoms with Crippen LogP contribution in [0.5, 0.6) is 0 Å². The summed E-state index contributed by atoms with van der Waals surface area (Å²) >= 11 is 0. The average molecular weight is 369 g/mol. The highest BCUT2D eigenvalue weighted by molar-refractivity contribution is 5.82. The molecule has 4 atom stereocenters. The van der Waals surface area contributed by atoms with Gasteiger partial charge in [-0.3, -0.25) is 9.59 Å². The third-order valence-electron chi connectivity index (χ3n) is 4.81. The molecule has 1 saturated carbocycles. The molecule has 0 aromatic heterocycles. The molecular formula is C22H40O4.